The molecule has 0 radical (unpaired) electrons. The van der Waals surface area contributed by atoms with Gasteiger partial charge in [0.25, 0.3) is 0 Å². The Balaban J connectivity index is 2.02. The Morgan fingerprint density at radius 1 is 1.36 bits per heavy atom. The van der Waals surface area contributed by atoms with E-state index < -0.39 is 0 Å². The van der Waals surface area contributed by atoms with Crippen LogP contribution in [0.15, 0.2) is 12.1 Å². The maximum absolute atomic E-state index is 6.06. The minimum absolute atomic E-state index is 0.456. The second-order valence-electron chi connectivity index (χ2n) is 4.39. The number of halogens is 1. The van der Waals surface area contributed by atoms with Crippen molar-refractivity contribution in [2.75, 3.05) is 5.88 Å². The molecule has 0 atom stereocenters. The standard InChI is InChI=1S/C12H17ClS/c1-2-10-4-5-11(14-10)8-12(9-13)6-3-7-12/h4-5H,2-3,6-9H2,1H3. The first-order valence-electron chi connectivity index (χ1n) is 5.41. The van der Waals surface area contributed by atoms with E-state index in [2.05, 4.69) is 19.1 Å². The summed E-state index contributed by atoms with van der Waals surface area (Å²) in [7, 11) is 0. The molecule has 78 valence electrons. The van der Waals surface area contributed by atoms with Crippen molar-refractivity contribution < 1.29 is 0 Å². The molecular formula is C12H17ClS. The van der Waals surface area contributed by atoms with Gasteiger partial charge < -0.3 is 0 Å². The number of aryl methyl sites for hydroxylation is 1. The molecule has 0 aromatic carbocycles. The van der Waals surface area contributed by atoms with Gasteiger partial charge in [0.15, 0.2) is 0 Å². The van der Waals surface area contributed by atoms with Crippen molar-refractivity contribution in [1.29, 1.82) is 0 Å². The van der Waals surface area contributed by atoms with Crippen molar-refractivity contribution in [2.45, 2.75) is 39.0 Å². The Kier molecular flexibility index (Phi) is 3.18. The first-order chi connectivity index (χ1) is 6.78. The van der Waals surface area contributed by atoms with Crippen molar-refractivity contribution in [3.63, 3.8) is 0 Å². The lowest BCUT2D eigenvalue weighted by Crippen LogP contribution is -2.33. The van der Waals surface area contributed by atoms with Crippen molar-refractivity contribution in [2.24, 2.45) is 5.41 Å². The molecular weight excluding hydrogens is 212 g/mol. The van der Waals surface area contributed by atoms with Crippen LogP contribution in [-0.4, -0.2) is 5.88 Å². The quantitative estimate of drug-likeness (QED) is 0.676. The number of hydrogen-bond donors (Lipinski definition) is 0. The molecule has 2 rings (SSSR count). The maximum atomic E-state index is 6.06. The van der Waals surface area contributed by atoms with Crippen LogP contribution in [0, 0.1) is 5.41 Å². The van der Waals surface area contributed by atoms with E-state index in [-0.39, 0.29) is 0 Å². The minimum Gasteiger partial charge on any atom is -0.145 e. The van der Waals surface area contributed by atoms with E-state index in [9.17, 15) is 0 Å². The van der Waals surface area contributed by atoms with Crippen LogP contribution in [0.5, 0.6) is 0 Å². The van der Waals surface area contributed by atoms with Gasteiger partial charge in [-0.3, -0.25) is 0 Å². The molecule has 1 heterocycles. The van der Waals surface area contributed by atoms with Gasteiger partial charge in [0.05, 0.1) is 0 Å². The van der Waals surface area contributed by atoms with Crippen LogP contribution in [0.2, 0.25) is 0 Å². The van der Waals surface area contributed by atoms with Crippen LogP contribution in [0.25, 0.3) is 0 Å². The summed E-state index contributed by atoms with van der Waals surface area (Å²) in [5.41, 5.74) is 0.456. The van der Waals surface area contributed by atoms with E-state index in [4.69, 9.17) is 11.6 Å². The van der Waals surface area contributed by atoms with Crippen LogP contribution in [-0.2, 0) is 12.8 Å². The molecule has 1 aliphatic rings. The van der Waals surface area contributed by atoms with Crippen LogP contribution >= 0.6 is 22.9 Å². The third-order valence-corrected chi connectivity index (χ3v) is 5.11. The third kappa shape index (κ3) is 1.99. The summed E-state index contributed by atoms with van der Waals surface area (Å²) >= 11 is 8.02. The van der Waals surface area contributed by atoms with Crippen LogP contribution in [0.1, 0.15) is 35.9 Å². The van der Waals surface area contributed by atoms with Crippen molar-refractivity contribution in [3.8, 4) is 0 Å². The second-order valence-corrected chi connectivity index (χ2v) is 5.91. The first kappa shape index (κ1) is 10.5. The van der Waals surface area contributed by atoms with E-state index in [1.165, 1.54) is 41.9 Å². The molecule has 14 heavy (non-hydrogen) atoms. The zero-order chi connectivity index (χ0) is 10.0. The Labute approximate surface area is 95.3 Å². The summed E-state index contributed by atoms with van der Waals surface area (Å²) in [5.74, 6) is 0.840. The lowest BCUT2D eigenvalue weighted by Gasteiger charge is -2.40. The number of rotatable bonds is 4. The van der Waals surface area contributed by atoms with Gasteiger partial charge in [0.1, 0.15) is 0 Å². The smallest absolute Gasteiger partial charge is 0.0283 e. The summed E-state index contributed by atoms with van der Waals surface area (Å²) in [6.45, 7) is 2.22. The van der Waals surface area contributed by atoms with Gasteiger partial charge in [0.2, 0.25) is 0 Å². The van der Waals surface area contributed by atoms with Gasteiger partial charge in [0, 0.05) is 15.6 Å². The predicted octanol–water partition coefficient (Wildman–Crippen LogP) is 4.26. The highest BCUT2D eigenvalue weighted by atomic mass is 35.5. The lowest BCUT2D eigenvalue weighted by molar-refractivity contribution is 0.167. The Morgan fingerprint density at radius 3 is 2.50 bits per heavy atom. The first-order valence-corrected chi connectivity index (χ1v) is 6.77. The molecule has 1 fully saturated rings. The number of hydrogen-bond acceptors (Lipinski definition) is 1. The highest BCUT2D eigenvalue weighted by Crippen LogP contribution is 2.45. The largest absolute Gasteiger partial charge is 0.145 e. The lowest BCUT2D eigenvalue weighted by atomic mass is 9.68. The van der Waals surface area contributed by atoms with E-state index in [0.717, 1.165) is 5.88 Å². The summed E-state index contributed by atoms with van der Waals surface area (Å²) < 4.78 is 0. The fourth-order valence-corrected chi connectivity index (χ4v) is 3.60. The van der Waals surface area contributed by atoms with Gasteiger partial charge >= 0.3 is 0 Å². The summed E-state index contributed by atoms with van der Waals surface area (Å²) in [6, 6.07) is 4.55. The molecule has 1 aromatic rings. The fourth-order valence-electron chi connectivity index (χ4n) is 2.11. The number of alkyl halides is 1. The molecule has 0 unspecified atom stereocenters. The summed E-state index contributed by atoms with van der Waals surface area (Å²) in [6.07, 6.45) is 6.41. The zero-order valence-electron chi connectivity index (χ0n) is 8.68. The third-order valence-electron chi connectivity index (χ3n) is 3.31. The average Bonchev–Trinajstić information content (AvgIpc) is 2.59. The monoisotopic (exact) mass is 228 g/mol. The molecule has 1 aromatic heterocycles. The Hall–Kier alpha value is -0.0100. The van der Waals surface area contributed by atoms with Crippen LogP contribution in [0.4, 0.5) is 0 Å². The van der Waals surface area contributed by atoms with Gasteiger partial charge in [-0.15, -0.1) is 22.9 Å². The van der Waals surface area contributed by atoms with E-state index in [1.807, 2.05) is 11.3 Å². The maximum Gasteiger partial charge on any atom is 0.0283 e. The molecule has 1 aliphatic carbocycles. The molecule has 0 N–H and O–H groups in total. The number of thiophene rings is 1. The fraction of sp³-hybridized carbons (Fsp3) is 0.667. The van der Waals surface area contributed by atoms with Gasteiger partial charge in [-0.05, 0) is 43.2 Å². The van der Waals surface area contributed by atoms with Crippen LogP contribution in [0.3, 0.4) is 0 Å². The van der Waals surface area contributed by atoms with E-state index in [1.54, 1.807) is 0 Å². The Morgan fingerprint density at radius 2 is 2.07 bits per heavy atom. The molecule has 0 saturated heterocycles. The SMILES string of the molecule is CCc1ccc(CC2(CCl)CCC2)s1. The molecule has 0 amide bonds. The van der Waals surface area contributed by atoms with Gasteiger partial charge in [-0.1, -0.05) is 13.3 Å². The molecule has 0 bridgehead atoms. The molecule has 0 spiro atoms. The molecule has 2 heteroatoms. The zero-order valence-corrected chi connectivity index (χ0v) is 10.3. The molecule has 0 nitrogen and oxygen atoms in total. The Bertz CT molecular complexity index is 294. The summed E-state index contributed by atoms with van der Waals surface area (Å²) in [4.78, 5) is 3.03. The highest BCUT2D eigenvalue weighted by Gasteiger charge is 2.36. The second kappa shape index (κ2) is 4.24. The van der Waals surface area contributed by atoms with Crippen molar-refractivity contribution in [1.82, 2.24) is 0 Å². The molecule has 1 saturated carbocycles. The van der Waals surface area contributed by atoms with Crippen LogP contribution < -0.4 is 0 Å². The van der Waals surface area contributed by atoms with E-state index >= 15 is 0 Å². The topological polar surface area (TPSA) is 0 Å². The normalized spacial score (nSPS) is 19.3. The van der Waals surface area contributed by atoms with Gasteiger partial charge in [-0.25, -0.2) is 0 Å². The average molecular weight is 229 g/mol. The van der Waals surface area contributed by atoms with E-state index in [0.29, 0.717) is 5.41 Å². The predicted molar refractivity (Wildman–Crippen MR) is 64.4 cm³/mol. The minimum atomic E-state index is 0.456. The summed E-state index contributed by atoms with van der Waals surface area (Å²) in [5, 5.41) is 0. The van der Waals surface area contributed by atoms with Crippen molar-refractivity contribution in [3.05, 3.63) is 21.9 Å². The van der Waals surface area contributed by atoms with Gasteiger partial charge in [-0.2, -0.15) is 0 Å². The molecule has 0 aliphatic heterocycles. The highest BCUT2D eigenvalue weighted by molar-refractivity contribution is 7.11. The van der Waals surface area contributed by atoms with Crippen molar-refractivity contribution >= 4 is 22.9 Å².